The molecule has 0 fully saturated rings. The number of aromatic nitrogens is 2. The van der Waals surface area contributed by atoms with E-state index in [1.165, 1.54) is 15.9 Å². The number of hydrogen-bond donors (Lipinski definition) is 1. The fourth-order valence-electron chi connectivity index (χ4n) is 2.81. The normalized spacial score (nSPS) is 11.2. The second-order valence-electron chi connectivity index (χ2n) is 5.61. The average molecular weight is 353 g/mol. The van der Waals surface area contributed by atoms with Gasteiger partial charge in [0.15, 0.2) is 10.7 Å². The summed E-state index contributed by atoms with van der Waals surface area (Å²) < 4.78 is 7.49. The zero-order valence-corrected chi connectivity index (χ0v) is 14.3. The van der Waals surface area contributed by atoms with Crippen LogP contribution in [0.4, 0.5) is 5.13 Å². The van der Waals surface area contributed by atoms with E-state index < -0.39 is 5.76 Å². The molecule has 2 heterocycles. The topological polar surface area (TPSA) is 77.1 Å². The summed E-state index contributed by atoms with van der Waals surface area (Å²) >= 11 is 1.42. The van der Waals surface area contributed by atoms with E-state index in [4.69, 9.17) is 4.42 Å². The van der Waals surface area contributed by atoms with Crippen molar-refractivity contribution in [3.05, 3.63) is 58.6 Å². The molecule has 4 aromatic rings. The highest BCUT2D eigenvalue weighted by atomic mass is 32.1. The predicted molar refractivity (Wildman–Crippen MR) is 98.1 cm³/mol. The number of hydrogen-bond acceptors (Lipinski definition) is 5. The first-order valence-corrected chi connectivity index (χ1v) is 8.74. The van der Waals surface area contributed by atoms with Gasteiger partial charge in [-0.05, 0) is 30.2 Å². The van der Waals surface area contributed by atoms with Crippen LogP contribution < -0.4 is 11.1 Å². The number of aryl methyl sites for hydroxylation is 1. The summed E-state index contributed by atoms with van der Waals surface area (Å²) in [7, 11) is 0. The molecule has 0 aliphatic rings. The first kappa shape index (κ1) is 15.6. The molecule has 0 unspecified atom stereocenters. The number of carbonyl (C=O) groups excluding carboxylic acids is 1. The van der Waals surface area contributed by atoms with E-state index >= 15 is 0 Å². The van der Waals surface area contributed by atoms with Crippen LogP contribution in [0, 0.1) is 0 Å². The van der Waals surface area contributed by atoms with E-state index in [0.29, 0.717) is 16.2 Å². The van der Waals surface area contributed by atoms with Crippen LogP contribution in [0.1, 0.15) is 12.5 Å². The fraction of sp³-hybridized carbons (Fsp3) is 0.167. The third kappa shape index (κ3) is 2.83. The summed E-state index contributed by atoms with van der Waals surface area (Å²) in [6, 6.07) is 13.0. The Morgan fingerprint density at radius 1 is 1.24 bits per heavy atom. The van der Waals surface area contributed by atoms with Gasteiger partial charge in [0.2, 0.25) is 5.91 Å². The molecule has 0 spiro atoms. The van der Waals surface area contributed by atoms with Crippen LogP contribution in [-0.2, 0) is 17.8 Å². The molecule has 2 aromatic carbocycles. The summed E-state index contributed by atoms with van der Waals surface area (Å²) in [6.07, 6.45) is 0.880. The Bertz CT molecular complexity index is 1140. The molecule has 0 aliphatic heterocycles. The van der Waals surface area contributed by atoms with Crippen LogP contribution in [0.15, 0.2) is 51.7 Å². The third-order valence-electron chi connectivity index (χ3n) is 4.01. The van der Waals surface area contributed by atoms with Crippen molar-refractivity contribution >= 4 is 43.7 Å². The van der Waals surface area contributed by atoms with Crippen molar-refractivity contribution in [2.75, 3.05) is 5.32 Å². The van der Waals surface area contributed by atoms with Crippen LogP contribution in [-0.4, -0.2) is 15.5 Å². The Kier molecular flexibility index (Phi) is 3.85. The van der Waals surface area contributed by atoms with Crippen LogP contribution >= 0.6 is 11.3 Å². The lowest BCUT2D eigenvalue weighted by Crippen LogP contribution is -2.24. The Hall–Kier alpha value is -2.93. The van der Waals surface area contributed by atoms with Gasteiger partial charge in [-0.3, -0.25) is 9.36 Å². The van der Waals surface area contributed by atoms with Crippen molar-refractivity contribution in [2.45, 2.75) is 19.9 Å². The summed E-state index contributed by atoms with van der Waals surface area (Å²) in [5.41, 5.74) is 3.12. The molecular weight excluding hydrogens is 338 g/mol. The second kappa shape index (κ2) is 6.18. The van der Waals surface area contributed by atoms with Crippen LogP contribution in [0.2, 0.25) is 0 Å². The van der Waals surface area contributed by atoms with Gasteiger partial charge >= 0.3 is 5.76 Å². The van der Waals surface area contributed by atoms with E-state index in [1.807, 2.05) is 18.2 Å². The standard InChI is InChI=1S/C18H15N3O3S/c1-2-11-6-5-9-14-16(11)20-17(25-14)19-15(22)10-21-12-7-3-4-8-13(12)24-18(21)23/h3-9H,2,10H2,1H3,(H,19,20,22). The zero-order chi connectivity index (χ0) is 17.4. The van der Waals surface area contributed by atoms with Gasteiger partial charge in [0.05, 0.1) is 15.7 Å². The Labute approximate surface area is 146 Å². The minimum Gasteiger partial charge on any atom is -0.408 e. The number of fused-ring (bicyclic) bond motifs is 2. The van der Waals surface area contributed by atoms with Gasteiger partial charge in [0.25, 0.3) is 0 Å². The number of anilines is 1. The van der Waals surface area contributed by atoms with Gasteiger partial charge in [0, 0.05) is 0 Å². The first-order valence-electron chi connectivity index (χ1n) is 7.92. The van der Waals surface area contributed by atoms with Crippen LogP contribution in [0.25, 0.3) is 21.3 Å². The molecule has 0 bridgehead atoms. The molecule has 1 amide bonds. The molecule has 7 heteroatoms. The van der Waals surface area contributed by atoms with Crippen molar-refractivity contribution in [2.24, 2.45) is 0 Å². The lowest BCUT2D eigenvalue weighted by Gasteiger charge is -2.02. The summed E-state index contributed by atoms with van der Waals surface area (Å²) in [4.78, 5) is 28.8. The van der Waals surface area contributed by atoms with E-state index in [9.17, 15) is 9.59 Å². The highest BCUT2D eigenvalue weighted by Crippen LogP contribution is 2.28. The molecule has 0 atom stereocenters. The zero-order valence-electron chi connectivity index (χ0n) is 13.5. The summed E-state index contributed by atoms with van der Waals surface area (Å²) in [5, 5.41) is 3.31. The highest BCUT2D eigenvalue weighted by Gasteiger charge is 2.14. The Morgan fingerprint density at radius 2 is 2.08 bits per heavy atom. The molecule has 0 aliphatic carbocycles. The number of nitrogens with zero attached hydrogens (tertiary/aromatic N) is 2. The summed E-state index contributed by atoms with van der Waals surface area (Å²) in [5.74, 6) is -0.861. The SMILES string of the molecule is CCc1cccc2sc(NC(=O)Cn3c(=O)oc4ccccc43)nc12. The van der Waals surface area contributed by atoms with E-state index in [1.54, 1.807) is 24.3 Å². The van der Waals surface area contributed by atoms with Gasteiger partial charge in [0.1, 0.15) is 6.54 Å². The molecule has 0 saturated carbocycles. The number of para-hydroxylation sites is 3. The monoisotopic (exact) mass is 353 g/mol. The van der Waals surface area contributed by atoms with Crippen molar-refractivity contribution in [1.82, 2.24) is 9.55 Å². The lowest BCUT2D eigenvalue weighted by atomic mass is 10.1. The van der Waals surface area contributed by atoms with Crippen molar-refractivity contribution in [3.63, 3.8) is 0 Å². The maximum atomic E-state index is 12.4. The number of carbonyl (C=O) groups is 1. The molecule has 0 saturated heterocycles. The average Bonchev–Trinajstić information content (AvgIpc) is 3.15. The van der Waals surface area contributed by atoms with Gasteiger partial charge in [-0.25, -0.2) is 9.78 Å². The van der Waals surface area contributed by atoms with Crippen molar-refractivity contribution in [1.29, 1.82) is 0 Å². The van der Waals surface area contributed by atoms with Gasteiger partial charge < -0.3 is 9.73 Å². The second-order valence-corrected chi connectivity index (χ2v) is 6.64. The quantitative estimate of drug-likeness (QED) is 0.610. The minimum atomic E-state index is -0.547. The predicted octanol–water partition coefficient (Wildman–Crippen LogP) is 3.41. The number of benzene rings is 2. The maximum absolute atomic E-state index is 12.4. The van der Waals surface area contributed by atoms with Gasteiger partial charge in [-0.15, -0.1) is 0 Å². The smallest absolute Gasteiger partial charge is 0.408 e. The molecule has 25 heavy (non-hydrogen) atoms. The Morgan fingerprint density at radius 3 is 2.92 bits per heavy atom. The number of oxazole rings is 1. The van der Waals surface area contributed by atoms with Gasteiger partial charge in [-0.1, -0.05) is 42.5 Å². The molecule has 6 nitrogen and oxygen atoms in total. The van der Waals surface area contributed by atoms with E-state index in [0.717, 1.165) is 22.2 Å². The molecule has 4 rings (SSSR count). The van der Waals surface area contributed by atoms with Crippen LogP contribution in [0.5, 0.6) is 0 Å². The van der Waals surface area contributed by atoms with Crippen molar-refractivity contribution in [3.8, 4) is 0 Å². The molecule has 1 N–H and O–H groups in total. The Balaban J connectivity index is 1.60. The maximum Gasteiger partial charge on any atom is 0.420 e. The molecule has 0 radical (unpaired) electrons. The highest BCUT2D eigenvalue weighted by molar-refractivity contribution is 7.22. The third-order valence-corrected chi connectivity index (χ3v) is 4.94. The van der Waals surface area contributed by atoms with E-state index in [-0.39, 0.29) is 12.5 Å². The van der Waals surface area contributed by atoms with E-state index in [2.05, 4.69) is 17.2 Å². The summed E-state index contributed by atoms with van der Waals surface area (Å²) in [6.45, 7) is 1.95. The number of nitrogens with one attached hydrogen (secondary N) is 1. The molecule has 126 valence electrons. The van der Waals surface area contributed by atoms with Gasteiger partial charge in [-0.2, -0.15) is 0 Å². The first-order chi connectivity index (χ1) is 12.2. The number of thiazole rings is 1. The van der Waals surface area contributed by atoms with Crippen LogP contribution in [0.3, 0.4) is 0 Å². The molecular formula is C18H15N3O3S. The molecule has 2 aromatic heterocycles. The fourth-order valence-corrected chi connectivity index (χ4v) is 3.74. The number of rotatable bonds is 4. The lowest BCUT2D eigenvalue weighted by molar-refractivity contribution is -0.116. The number of amides is 1. The van der Waals surface area contributed by atoms with Crippen molar-refractivity contribution < 1.29 is 9.21 Å². The minimum absolute atomic E-state index is 0.119. The largest absolute Gasteiger partial charge is 0.420 e.